The second-order valence-corrected chi connectivity index (χ2v) is 6.59. The van der Waals surface area contributed by atoms with E-state index < -0.39 is 5.97 Å². The van der Waals surface area contributed by atoms with Gasteiger partial charge in [0.2, 0.25) is 0 Å². The summed E-state index contributed by atoms with van der Waals surface area (Å²) in [5.74, 6) is 0.966. The number of hydrogen-bond donors (Lipinski definition) is 1. The van der Waals surface area contributed by atoms with Gasteiger partial charge in [-0.05, 0) is 13.8 Å². The Balaban J connectivity index is 2.07. The van der Waals surface area contributed by atoms with Crippen molar-refractivity contribution in [1.29, 1.82) is 0 Å². The minimum absolute atomic E-state index is 0.363. The third-order valence-corrected chi connectivity index (χ3v) is 5.02. The second-order valence-electron chi connectivity index (χ2n) is 4.15. The molecule has 0 saturated carbocycles. The van der Waals surface area contributed by atoms with E-state index in [1.807, 2.05) is 11.8 Å². The van der Waals surface area contributed by atoms with Crippen LogP contribution in [0.1, 0.15) is 15.6 Å². The summed E-state index contributed by atoms with van der Waals surface area (Å²) in [7, 11) is 0. The standard InChI is InChI=1S/C11H16N2O2S2/c1-7-8(2)17-10(12-7)5-13-3-4-16-6-9(13)11(14)15/h9H,3-6H2,1-2H3,(H,14,15). The molecule has 0 spiro atoms. The van der Waals surface area contributed by atoms with Crippen molar-refractivity contribution in [3.8, 4) is 0 Å². The molecule has 17 heavy (non-hydrogen) atoms. The molecule has 1 unspecified atom stereocenters. The number of nitrogens with zero attached hydrogens (tertiary/aromatic N) is 2. The molecular weight excluding hydrogens is 256 g/mol. The highest BCUT2D eigenvalue weighted by atomic mass is 32.2. The van der Waals surface area contributed by atoms with Gasteiger partial charge in [-0.3, -0.25) is 9.69 Å². The van der Waals surface area contributed by atoms with Gasteiger partial charge in [0.1, 0.15) is 11.0 Å². The lowest BCUT2D eigenvalue weighted by atomic mass is 10.2. The zero-order valence-electron chi connectivity index (χ0n) is 9.97. The van der Waals surface area contributed by atoms with Crippen molar-refractivity contribution in [2.45, 2.75) is 26.4 Å². The van der Waals surface area contributed by atoms with E-state index in [9.17, 15) is 9.90 Å². The quantitative estimate of drug-likeness (QED) is 0.908. The van der Waals surface area contributed by atoms with Crippen LogP contribution in [0.4, 0.5) is 0 Å². The first-order valence-corrected chi connectivity index (χ1v) is 7.52. The van der Waals surface area contributed by atoms with E-state index in [-0.39, 0.29) is 6.04 Å². The van der Waals surface area contributed by atoms with Crippen molar-refractivity contribution in [2.24, 2.45) is 0 Å². The van der Waals surface area contributed by atoms with Crippen molar-refractivity contribution in [3.63, 3.8) is 0 Å². The third kappa shape index (κ3) is 3.00. The highest BCUT2D eigenvalue weighted by Gasteiger charge is 2.29. The topological polar surface area (TPSA) is 53.4 Å². The van der Waals surface area contributed by atoms with Gasteiger partial charge in [-0.1, -0.05) is 0 Å². The van der Waals surface area contributed by atoms with E-state index in [0.29, 0.717) is 12.3 Å². The number of rotatable bonds is 3. The van der Waals surface area contributed by atoms with Gasteiger partial charge >= 0.3 is 5.97 Å². The van der Waals surface area contributed by atoms with Gasteiger partial charge in [0, 0.05) is 22.9 Å². The van der Waals surface area contributed by atoms with Gasteiger partial charge in [-0.2, -0.15) is 11.8 Å². The SMILES string of the molecule is Cc1nc(CN2CCSCC2C(=O)O)sc1C. The Bertz CT molecular complexity index is 400. The van der Waals surface area contributed by atoms with Gasteiger partial charge in [-0.15, -0.1) is 11.3 Å². The number of aromatic nitrogens is 1. The van der Waals surface area contributed by atoms with Crippen LogP contribution in [0.5, 0.6) is 0 Å². The molecule has 1 aliphatic heterocycles. The van der Waals surface area contributed by atoms with Crippen LogP contribution >= 0.6 is 23.1 Å². The molecule has 4 nitrogen and oxygen atoms in total. The fourth-order valence-electron chi connectivity index (χ4n) is 1.84. The van der Waals surface area contributed by atoms with Crippen molar-refractivity contribution in [2.75, 3.05) is 18.1 Å². The molecule has 0 bridgehead atoms. The Kier molecular flexibility index (Phi) is 4.06. The summed E-state index contributed by atoms with van der Waals surface area (Å²) in [5, 5.41) is 10.2. The number of aryl methyl sites for hydroxylation is 2. The van der Waals surface area contributed by atoms with Crippen molar-refractivity contribution in [1.82, 2.24) is 9.88 Å². The first-order chi connectivity index (χ1) is 8.08. The number of carbonyl (C=O) groups is 1. The summed E-state index contributed by atoms with van der Waals surface area (Å²) in [6, 6.07) is -0.363. The zero-order valence-corrected chi connectivity index (χ0v) is 11.6. The van der Waals surface area contributed by atoms with Crippen LogP contribution in [-0.4, -0.2) is 45.1 Å². The number of thioether (sulfide) groups is 1. The molecule has 1 atom stereocenters. The lowest BCUT2D eigenvalue weighted by molar-refractivity contribution is -0.142. The van der Waals surface area contributed by atoms with Crippen LogP contribution in [0.15, 0.2) is 0 Å². The Labute approximate surface area is 109 Å². The van der Waals surface area contributed by atoms with E-state index in [1.165, 1.54) is 4.88 Å². The monoisotopic (exact) mass is 272 g/mol. The predicted octanol–water partition coefficient (Wildman–Crippen LogP) is 1.76. The number of carboxylic acid groups (broad SMARTS) is 1. The van der Waals surface area contributed by atoms with Gasteiger partial charge in [0.15, 0.2) is 0 Å². The predicted molar refractivity (Wildman–Crippen MR) is 70.7 cm³/mol. The van der Waals surface area contributed by atoms with Crippen molar-refractivity contribution in [3.05, 3.63) is 15.6 Å². The summed E-state index contributed by atoms with van der Waals surface area (Å²) < 4.78 is 0. The summed E-state index contributed by atoms with van der Waals surface area (Å²) in [4.78, 5) is 18.9. The van der Waals surface area contributed by atoms with E-state index >= 15 is 0 Å². The molecule has 1 aromatic heterocycles. The smallest absolute Gasteiger partial charge is 0.321 e. The highest BCUT2D eigenvalue weighted by Crippen LogP contribution is 2.22. The Hall–Kier alpha value is -0.590. The Morgan fingerprint density at radius 3 is 2.94 bits per heavy atom. The van der Waals surface area contributed by atoms with Gasteiger partial charge in [0.25, 0.3) is 0 Å². The van der Waals surface area contributed by atoms with E-state index in [4.69, 9.17) is 0 Å². The second kappa shape index (κ2) is 5.37. The molecule has 6 heteroatoms. The Morgan fingerprint density at radius 1 is 1.59 bits per heavy atom. The highest BCUT2D eigenvalue weighted by molar-refractivity contribution is 7.99. The number of thiazole rings is 1. The van der Waals surface area contributed by atoms with Crippen LogP contribution in [0, 0.1) is 13.8 Å². The first kappa shape index (κ1) is 12.9. The molecule has 2 rings (SSSR count). The molecule has 2 heterocycles. The minimum Gasteiger partial charge on any atom is -0.480 e. The maximum absolute atomic E-state index is 11.2. The third-order valence-electron chi connectivity index (χ3n) is 2.94. The normalized spacial score (nSPS) is 21.6. The molecule has 1 aliphatic rings. The van der Waals surface area contributed by atoms with E-state index in [1.54, 1.807) is 23.1 Å². The van der Waals surface area contributed by atoms with Crippen LogP contribution in [0.2, 0.25) is 0 Å². The number of aliphatic carboxylic acids is 1. The largest absolute Gasteiger partial charge is 0.480 e. The fourth-order valence-corrected chi connectivity index (χ4v) is 3.90. The fraction of sp³-hybridized carbons (Fsp3) is 0.636. The number of hydrogen-bond acceptors (Lipinski definition) is 5. The first-order valence-electron chi connectivity index (χ1n) is 5.55. The molecule has 1 fully saturated rings. The van der Waals surface area contributed by atoms with Crippen molar-refractivity contribution < 1.29 is 9.90 Å². The molecular formula is C11H16N2O2S2. The van der Waals surface area contributed by atoms with Crippen molar-refractivity contribution >= 4 is 29.1 Å². The Morgan fingerprint density at radius 2 is 2.35 bits per heavy atom. The maximum atomic E-state index is 11.2. The van der Waals surface area contributed by atoms with E-state index in [0.717, 1.165) is 23.0 Å². The number of carboxylic acids is 1. The molecule has 94 valence electrons. The molecule has 1 N–H and O–H groups in total. The lowest BCUT2D eigenvalue weighted by Gasteiger charge is -2.31. The molecule has 1 saturated heterocycles. The maximum Gasteiger partial charge on any atom is 0.321 e. The molecule has 0 amide bonds. The summed E-state index contributed by atoms with van der Waals surface area (Å²) in [5.41, 5.74) is 1.06. The summed E-state index contributed by atoms with van der Waals surface area (Å²) in [6.07, 6.45) is 0. The van der Waals surface area contributed by atoms with E-state index in [2.05, 4.69) is 11.9 Å². The van der Waals surface area contributed by atoms with Gasteiger partial charge < -0.3 is 5.11 Å². The zero-order chi connectivity index (χ0) is 12.4. The van der Waals surface area contributed by atoms with Crippen LogP contribution in [0.3, 0.4) is 0 Å². The van der Waals surface area contributed by atoms with Crippen LogP contribution in [0.25, 0.3) is 0 Å². The molecule has 0 aromatic carbocycles. The van der Waals surface area contributed by atoms with Gasteiger partial charge in [-0.25, -0.2) is 4.98 Å². The lowest BCUT2D eigenvalue weighted by Crippen LogP contribution is -2.46. The van der Waals surface area contributed by atoms with Crippen LogP contribution in [-0.2, 0) is 11.3 Å². The van der Waals surface area contributed by atoms with Crippen LogP contribution < -0.4 is 0 Å². The summed E-state index contributed by atoms with van der Waals surface area (Å²) >= 11 is 3.38. The minimum atomic E-state index is -0.720. The summed E-state index contributed by atoms with van der Waals surface area (Å²) in [6.45, 7) is 5.55. The average Bonchev–Trinajstić information content (AvgIpc) is 2.58. The molecule has 0 aliphatic carbocycles. The molecule has 1 aromatic rings. The molecule has 0 radical (unpaired) electrons. The van der Waals surface area contributed by atoms with Gasteiger partial charge in [0.05, 0.1) is 12.2 Å². The average molecular weight is 272 g/mol.